The minimum absolute atomic E-state index is 0.291. The fourth-order valence-electron chi connectivity index (χ4n) is 4.28. The predicted molar refractivity (Wildman–Crippen MR) is 132 cm³/mol. The van der Waals surface area contributed by atoms with Crippen molar-refractivity contribution >= 4 is 11.8 Å². The molecule has 0 amide bonds. The summed E-state index contributed by atoms with van der Waals surface area (Å²) in [6, 6.07) is 28.3. The smallest absolute Gasteiger partial charge is 0.191 e. The summed E-state index contributed by atoms with van der Waals surface area (Å²) in [5.41, 5.74) is 6.40. The Bertz CT molecular complexity index is 1160. The van der Waals surface area contributed by atoms with E-state index in [2.05, 4.69) is 106 Å². The average molecular weight is 441 g/mol. The van der Waals surface area contributed by atoms with Crippen molar-refractivity contribution in [2.75, 3.05) is 6.54 Å². The van der Waals surface area contributed by atoms with Gasteiger partial charge < -0.3 is 9.88 Å². The summed E-state index contributed by atoms with van der Waals surface area (Å²) in [6.45, 7) is 3.97. The summed E-state index contributed by atoms with van der Waals surface area (Å²) in [6.07, 6.45) is 2.31. The molecule has 1 aromatic heterocycles. The van der Waals surface area contributed by atoms with Gasteiger partial charge in [0, 0.05) is 5.75 Å². The van der Waals surface area contributed by atoms with E-state index in [-0.39, 0.29) is 0 Å². The highest BCUT2D eigenvalue weighted by atomic mass is 32.2. The van der Waals surface area contributed by atoms with Crippen molar-refractivity contribution in [3.8, 4) is 11.1 Å². The van der Waals surface area contributed by atoms with Gasteiger partial charge in [0.2, 0.25) is 0 Å². The highest BCUT2D eigenvalue weighted by Gasteiger charge is 2.24. The topological polar surface area (TPSA) is 42.7 Å². The largest absolute Gasteiger partial charge is 0.307 e. The summed E-state index contributed by atoms with van der Waals surface area (Å²) in [5, 5.41) is 13.8. The van der Waals surface area contributed by atoms with Gasteiger partial charge in [0.1, 0.15) is 0 Å². The third-order valence-corrected chi connectivity index (χ3v) is 7.05. The Morgan fingerprint density at radius 1 is 0.938 bits per heavy atom. The van der Waals surface area contributed by atoms with Gasteiger partial charge in [-0.1, -0.05) is 96.2 Å². The van der Waals surface area contributed by atoms with Crippen molar-refractivity contribution < 1.29 is 0 Å². The lowest BCUT2D eigenvalue weighted by molar-refractivity contribution is 0.550. The van der Waals surface area contributed by atoms with Crippen LogP contribution in [0.25, 0.3) is 11.1 Å². The highest BCUT2D eigenvalue weighted by molar-refractivity contribution is 7.98. The molecule has 4 nitrogen and oxygen atoms in total. The van der Waals surface area contributed by atoms with Crippen molar-refractivity contribution in [3.63, 3.8) is 0 Å². The van der Waals surface area contributed by atoms with Crippen molar-refractivity contribution in [1.29, 1.82) is 0 Å². The predicted octanol–water partition coefficient (Wildman–Crippen LogP) is 6.02. The van der Waals surface area contributed by atoms with Crippen LogP contribution in [0.4, 0.5) is 0 Å². The molecule has 0 bridgehead atoms. The normalized spacial score (nSPS) is 15.8. The van der Waals surface area contributed by atoms with Gasteiger partial charge in [-0.2, -0.15) is 0 Å². The second kappa shape index (κ2) is 9.72. The zero-order chi connectivity index (χ0) is 21.8. The van der Waals surface area contributed by atoms with E-state index in [1.807, 2.05) is 0 Å². The molecule has 1 aliphatic rings. The molecule has 5 heteroatoms. The maximum Gasteiger partial charge on any atom is 0.191 e. The first kappa shape index (κ1) is 21.0. The number of hydrogen-bond donors (Lipinski definition) is 1. The van der Waals surface area contributed by atoms with Crippen molar-refractivity contribution in [2.45, 2.75) is 43.3 Å². The maximum absolute atomic E-state index is 4.63. The molecule has 0 aliphatic carbocycles. The van der Waals surface area contributed by atoms with Crippen LogP contribution in [0, 0.1) is 6.92 Å². The van der Waals surface area contributed by atoms with Crippen LogP contribution in [-0.4, -0.2) is 21.3 Å². The van der Waals surface area contributed by atoms with Crippen LogP contribution in [0.2, 0.25) is 0 Å². The monoisotopic (exact) mass is 440 g/mol. The molecular formula is C27H28N4S. The lowest BCUT2D eigenvalue weighted by Gasteiger charge is -2.15. The lowest BCUT2D eigenvalue weighted by Crippen LogP contribution is -2.19. The third-order valence-electron chi connectivity index (χ3n) is 6.04. The summed E-state index contributed by atoms with van der Waals surface area (Å²) in [5.74, 6) is 1.91. The molecule has 1 aliphatic heterocycles. The number of rotatable bonds is 7. The third kappa shape index (κ3) is 4.64. The zero-order valence-electron chi connectivity index (χ0n) is 18.4. The van der Waals surface area contributed by atoms with E-state index in [9.17, 15) is 0 Å². The Kier molecular flexibility index (Phi) is 6.37. The van der Waals surface area contributed by atoms with E-state index in [4.69, 9.17) is 0 Å². The molecule has 32 heavy (non-hydrogen) atoms. The van der Waals surface area contributed by atoms with Gasteiger partial charge in [0.05, 0.1) is 12.6 Å². The molecule has 162 valence electrons. The van der Waals surface area contributed by atoms with Crippen LogP contribution >= 0.6 is 11.8 Å². The van der Waals surface area contributed by atoms with Gasteiger partial charge in [-0.3, -0.25) is 0 Å². The summed E-state index contributed by atoms with van der Waals surface area (Å²) in [7, 11) is 0. The average Bonchev–Trinajstić information content (AvgIpc) is 3.50. The number of hydrogen-bond acceptors (Lipinski definition) is 4. The Labute approximate surface area is 194 Å². The van der Waals surface area contributed by atoms with Gasteiger partial charge in [0.15, 0.2) is 11.0 Å². The van der Waals surface area contributed by atoms with Crippen molar-refractivity contribution in [2.24, 2.45) is 0 Å². The van der Waals surface area contributed by atoms with E-state index in [0.717, 1.165) is 36.2 Å². The van der Waals surface area contributed by atoms with Gasteiger partial charge in [-0.05, 0) is 48.6 Å². The van der Waals surface area contributed by atoms with Crippen LogP contribution < -0.4 is 5.32 Å². The fourth-order valence-corrected chi connectivity index (χ4v) is 5.23. The van der Waals surface area contributed by atoms with Gasteiger partial charge in [-0.15, -0.1) is 10.2 Å². The molecular weight excluding hydrogens is 412 g/mol. The molecule has 0 spiro atoms. The van der Waals surface area contributed by atoms with Crippen molar-refractivity contribution in [3.05, 3.63) is 101 Å². The Morgan fingerprint density at radius 2 is 1.72 bits per heavy atom. The summed E-state index contributed by atoms with van der Waals surface area (Å²) >= 11 is 1.77. The standard InChI is InChI=1S/C27H28N4S/c1-20-13-15-21(16-14-20)18-31-26(25-12-7-17-28-25)29-30-27(31)32-19-23-10-5-6-11-24(23)22-8-3-2-4-9-22/h2-6,8-11,13-16,25,28H,7,12,17-19H2,1H3. The summed E-state index contributed by atoms with van der Waals surface area (Å²) in [4.78, 5) is 0. The van der Waals surface area contributed by atoms with E-state index in [1.165, 1.54) is 34.2 Å². The van der Waals surface area contributed by atoms with E-state index >= 15 is 0 Å². The molecule has 0 radical (unpaired) electrons. The molecule has 4 aromatic rings. The first-order chi connectivity index (χ1) is 15.8. The first-order valence-electron chi connectivity index (χ1n) is 11.3. The van der Waals surface area contributed by atoms with E-state index in [1.54, 1.807) is 11.8 Å². The van der Waals surface area contributed by atoms with Crippen LogP contribution in [0.5, 0.6) is 0 Å². The molecule has 1 unspecified atom stereocenters. The second-order valence-electron chi connectivity index (χ2n) is 8.37. The molecule has 5 rings (SSSR count). The molecule has 0 saturated carbocycles. The van der Waals surface area contributed by atoms with Crippen LogP contribution in [0.1, 0.15) is 41.4 Å². The highest BCUT2D eigenvalue weighted by Crippen LogP contribution is 2.31. The molecule has 1 fully saturated rings. The minimum atomic E-state index is 0.291. The molecule has 1 N–H and O–H groups in total. The lowest BCUT2D eigenvalue weighted by atomic mass is 10.0. The quantitative estimate of drug-likeness (QED) is 0.357. The number of thioether (sulfide) groups is 1. The van der Waals surface area contributed by atoms with Gasteiger partial charge >= 0.3 is 0 Å². The van der Waals surface area contributed by atoms with Gasteiger partial charge in [0.25, 0.3) is 0 Å². The van der Waals surface area contributed by atoms with Crippen LogP contribution in [0.15, 0.2) is 84.0 Å². The molecule has 1 saturated heterocycles. The zero-order valence-corrected chi connectivity index (χ0v) is 19.2. The minimum Gasteiger partial charge on any atom is -0.307 e. The van der Waals surface area contributed by atoms with Crippen molar-refractivity contribution in [1.82, 2.24) is 20.1 Å². The SMILES string of the molecule is Cc1ccc(Cn2c(SCc3ccccc3-c3ccccc3)nnc2C2CCCN2)cc1. The van der Waals surface area contributed by atoms with Crippen LogP contribution in [-0.2, 0) is 12.3 Å². The Morgan fingerprint density at radius 3 is 2.50 bits per heavy atom. The fraction of sp³-hybridized carbons (Fsp3) is 0.259. The molecule has 1 atom stereocenters. The first-order valence-corrected chi connectivity index (χ1v) is 12.2. The Hall–Kier alpha value is -2.89. The number of aromatic nitrogens is 3. The molecule has 3 aromatic carbocycles. The van der Waals surface area contributed by atoms with Crippen LogP contribution in [0.3, 0.4) is 0 Å². The maximum atomic E-state index is 4.63. The van der Waals surface area contributed by atoms with Gasteiger partial charge in [-0.25, -0.2) is 0 Å². The summed E-state index contributed by atoms with van der Waals surface area (Å²) < 4.78 is 2.31. The number of nitrogens with zero attached hydrogens (tertiary/aromatic N) is 3. The number of nitrogens with one attached hydrogen (secondary N) is 1. The Balaban J connectivity index is 1.42. The second-order valence-corrected chi connectivity index (χ2v) is 9.32. The van der Waals surface area contributed by atoms with E-state index < -0.39 is 0 Å². The van der Waals surface area contributed by atoms with E-state index in [0.29, 0.717) is 6.04 Å². The number of aryl methyl sites for hydroxylation is 1. The number of benzene rings is 3. The molecule has 2 heterocycles.